The Labute approximate surface area is 61.4 Å². The normalized spacial score (nSPS) is 12.4. The number of hydrogen-bond acceptors (Lipinski definition) is 2. The third-order valence-corrected chi connectivity index (χ3v) is 1.03. The summed E-state index contributed by atoms with van der Waals surface area (Å²) < 4.78 is 0. The molecule has 56 valence electrons. The molecule has 0 aromatic heterocycles. The Morgan fingerprint density at radius 2 is 2.30 bits per heavy atom. The van der Waals surface area contributed by atoms with E-state index in [0.717, 1.165) is 5.57 Å². The fourth-order valence-corrected chi connectivity index (χ4v) is 0.456. The molecule has 0 radical (unpaired) electrons. The van der Waals surface area contributed by atoms with Crippen LogP contribution in [0.1, 0.15) is 0 Å². The molecule has 0 saturated heterocycles. The van der Waals surface area contributed by atoms with Crippen LogP contribution in [0.5, 0.6) is 0 Å². The Morgan fingerprint density at radius 1 is 1.60 bits per heavy atom. The standard InChI is InChI=1S/C8H13NO/c1-2-8(7-10)5-3-4-6-9/h2-5,10H,1,6-7,9H2/b4-3-,8-5+. The van der Waals surface area contributed by atoms with Crippen molar-refractivity contribution in [1.82, 2.24) is 0 Å². The van der Waals surface area contributed by atoms with Crippen LogP contribution >= 0.6 is 0 Å². The van der Waals surface area contributed by atoms with Gasteiger partial charge in [-0.25, -0.2) is 0 Å². The van der Waals surface area contributed by atoms with Crippen molar-refractivity contribution in [3.8, 4) is 0 Å². The van der Waals surface area contributed by atoms with Crippen LogP contribution in [0.2, 0.25) is 0 Å². The Balaban J connectivity index is 3.85. The van der Waals surface area contributed by atoms with Gasteiger partial charge in [0, 0.05) is 6.54 Å². The average Bonchev–Trinajstić information content (AvgIpc) is 1.99. The van der Waals surface area contributed by atoms with Crippen LogP contribution in [0.3, 0.4) is 0 Å². The molecule has 10 heavy (non-hydrogen) atoms. The highest BCUT2D eigenvalue weighted by Gasteiger charge is 1.81. The molecule has 0 atom stereocenters. The van der Waals surface area contributed by atoms with Crippen molar-refractivity contribution < 1.29 is 5.11 Å². The smallest absolute Gasteiger partial charge is 0.0681 e. The Bertz CT molecular complexity index is 147. The highest BCUT2D eigenvalue weighted by atomic mass is 16.3. The number of nitrogens with two attached hydrogens (primary N) is 1. The van der Waals surface area contributed by atoms with Crippen molar-refractivity contribution in [2.75, 3.05) is 13.2 Å². The fourth-order valence-electron chi connectivity index (χ4n) is 0.456. The van der Waals surface area contributed by atoms with Gasteiger partial charge in [-0.05, 0) is 5.57 Å². The van der Waals surface area contributed by atoms with Crippen molar-refractivity contribution in [3.05, 3.63) is 36.5 Å². The van der Waals surface area contributed by atoms with E-state index in [1.54, 1.807) is 24.3 Å². The van der Waals surface area contributed by atoms with Crippen LogP contribution in [-0.4, -0.2) is 18.3 Å². The lowest BCUT2D eigenvalue weighted by Gasteiger charge is -1.89. The molecule has 0 aliphatic rings. The molecule has 3 N–H and O–H groups in total. The van der Waals surface area contributed by atoms with E-state index >= 15 is 0 Å². The Hall–Kier alpha value is -0.860. The molecule has 0 fully saturated rings. The van der Waals surface area contributed by atoms with Crippen LogP contribution in [0.15, 0.2) is 36.5 Å². The largest absolute Gasteiger partial charge is 0.392 e. The van der Waals surface area contributed by atoms with E-state index in [1.165, 1.54) is 0 Å². The summed E-state index contributed by atoms with van der Waals surface area (Å²) in [4.78, 5) is 0. The SMILES string of the molecule is C=C/C(=C\C=C/CN)CO. The molecular formula is C8H13NO. The number of rotatable bonds is 4. The first-order valence-electron chi connectivity index (χ1n) is 3.14. The molecule has 0 unspecified atom stereocenters. The lowest BCUT2D eigenvalue weighted by atomic mass is 10.2. The molecule has 2 heteroatoms. The second-order valence-electron chi connectivity index (χ2n) is 1.77. The van der Waals surface area contributed by atoms with Crippen molar-refractivity contribution in [1.29, 1.82) is 0 Å². The first-order chi connectivity index (χ1) is 4.85. The summed E-state index contributed by atoms with van der Waals surface area (Å²) in [7, 11) is 0. The van der Waals surface area contributed by atoms with Gasteiger partial charge in [0.25, 0.3) is 0 Å². The zero-order valence-electron chi connectivity index (χ0n) is 5.96. The highest BCUT2D eigenvalue weighted by molar-refractivity contribution is 5.22. The lowest BCUT2D eigenvalue weighted by molar-refractivity contribution is 0.335. The van der Waals surface area contributed by atoms with Crippen LogP contribution in [-0.2, 0) is 0 Å². The monoisotopic (exact) mass is 139 g/mol. The third-order valence-electron chi connectivity index (χ3n) is 1.03. The molecule has 2 nitrogen and oxygen atoms in total. The minimum atomic E-state index is 0.0262. The molecule has 0 spiro atoms. The van der Waals surface area contributed by atoms with Gasteiger partial charge in [0.15, 0.2) is 0 Å². The number of allylic oxidation sites excluding steroid dienone is 2. The van der Waals surface area contributed by atoms with E-state index in [-0.39, 0.29) is 6.61 Å². The molecule has 0 bridgehead atoms. The lowest BCUT2D eigenvalue weighted by Crippen LogP contribution is -1.91. The molecule has 0 heterocycles. The maximum absolute atomic E-state index is 8.62. The Kier molecular flexibility index (Phi) is 5.72. The summed E-state index contributed by atoms with van der Waals surface area (Å²) in [6.45, 7) is 4.06. The van der Waals surface area contributed by atoms with Gasteiger partial charge in [-0.3, -0.25) is 0 Å². The van der Waals surface area contributed by atoms with E-state index in [1.807, 2.05) is 0 Å². The van der Waals surface area contributed by atoms with Crippen LogP contribution < -0.4 is 5.73 Å². The van der Waals surface area contributed by atoms with Gasteiger partial charge >= 0.3 is 0 Å². The molecule has 0 aliphatic carbocycles. The predicted octanol–water partition coefficient (Wildman–Crippen LogP) is 0.606. The van der Waals surface area contributed by atoms with E-state index in [4.69, 9.17) is 10.8 Å². The molecule has 0 aromatic rings. The van der Waals surface area contributed by atoms with Crippen LogP contribution in [0.25, 0.3) is 0 Å². The van der Waals surface area contributed by atoms with Gasteiger partial charge < -0.3 is 10.8 Å². The third kappa shape index (κ3) is 4.06. The van der Waals surface area contributed by atoms with Gasteiger partial charge in [-0.15, -0.1) is 0 Å². The second-order valence-corrected chi connectivity index (χ2v) is 1.77. The molecule has 0 aromatic carbocycles. The molecule has 0 amide bonds. The zero-order valence-corrected chi connectivity index (χ0v) is 5.96. The zero-order chi connectivity index (χ0) is 7.82. The Morgan fingerprint density at radius 3 is 2.70 bits per heavy atom. The molecular weight excluding hydrogens is 126 g/mol. The van der Waals surface area contributed by atoms with Gasteiger partial charge in [-0.2, -0.15) is 0 Å². The molecule has 0 saturated carbocycles. The second kappa shape index (κ2) is 6.26. The quantitative estimate of drug-likeness (QED) is 0.560. The summed E-state index contributed by atoms with van der Waals surface area (Å²) in [5.41, 5.74) is 5.99. The number of hydrogen-bond donors (Lipinski definition) is 2. The fraction of sp³-hybridized carbons (Fsp3) is 0.250. The maximum atomic E-state index is 8.62. The summed E-state index contributed by atoms with van der Waals surface area (Å²) in [5.74, 6) is 0. The minimum absolute atomic E-state index is 0.0262. The minimum Gasteiger partial charge on any atom is -0.392 e. The number of aliphatic hydroxyl groups excluding tert-OH is 1. The van der Waals surface area contributed by atoms with Crippen LogP contribution in [0.4, 0.5) is 0 Å². The first-order valence-corrected chi connectivity index (χ1v) is 3.14. The highest BCUT2D eigenvalue weighted by Crippen LogP contribution is 1.92. The summed E-state index contributed by atoms with van der Waals surface area (Å²) in [6.07, 6.45) is 6.99. The van der Waals surface area contributed by atoms with Gasteiger partial charge in [0.1, 0.15) is 0 Å². The molecule has 0 rings (SSSR count). The topological polar surface area (TPSA) is 46.2 Å². The maximum Gasteiger partial charge on any atom is 0.0681 e. The number of aliphatic hydroxyl groups is 1. The van der Waals surface area contributed by atoms with Crippen molar-refractivity contribution in [3.63, 3.8) is 0 Å². The van der Waals surface area contributed by atoms with Crippen molar-refractivity contribution in [2.45, 2.75) is 0 Å². The van der Waals surface area contributed by atoms with Gasteiger partial charge in [0.2, 0.25) is 0 Å². The van der Waals surface area contributed by atoms with Crippen molar-refractivity contribution >= 4 is 0 Å². The summed E-state index contributed by atoms with van der Waals surface area (Å²) in [6, 6.07) is 0. The van der Waals surface area contributed by atoms with Crippen LogP contribution in [0, 0.1) is 0 Å². The van der Waals surface area contributed by atoms with E-state index in [2.05, 4.69) is 6.58 Å². The summed E-state index contributed by atoms with van der Waals surface area (Å²) >= 11 is 0. The van der Waals surface area contributed by atoms with E-state index in [9.17, 15) is 0 Å². The average molecular weight is 139 g/mol. The van der Waals surface area contributed by atoms with E-state index in [0.29, 0.717) is 6.54 Å². The first kappa shape index (κ1) is 9.14. The molecule has 0 aliphatic heterocycles. The van der Waals surface area contributed by atoms with Gasteiger partial charge in [-0.1, -0.05) is 30.9 Å². The summed E-state index contributed by atoms with van der Waals surface area (Å²) in [5, 5.41) is 8.62. The predicted molar refractivity (Wildman–Crippen MR) is 43.6 cm³/mol. The van der Waals surface area contributed by atoms with Gasteiger partial charge in [0.05, 0.1) is 6.61 Å². The van der Waals surface area contributed by atoms with E-state index < -0.39 is 0 Å². The van der Waals surface area contributed by atoms with Crippen molar-refractivity contribution in [2.24, 2.45) is 5.73 Å².